The summed E-state index contributed by atoms with van der Waals surface area (Å²) in [6.45, 7) is 0. The Morgan fingerprint density at radius 1 is 1.50 bits per heavy atom. The summed E-state index contributed by atoms with van der Waals surface area (Å²) in [5, 5.41) is 7.90. The van der Waals surface area contributed by atoms with E-state index >= 15 is 0 Å². The summed E-state index contributed by atoms with van der Waals surface area (Å²) >= 11 is 0. The fraction of sp³-hybridized carbons (Fsp3) is 0.833. The highest BCUT2D eigenvalue weighted by Gasteiger charge is 2.69. The van der Waals surface area contributed by atoms with Gasteiger partial charge in [-0.25, -0.2) is 8.42 Å². The number of carbonyl (C=O) groups is 1. The molecule has 6 heteroatoms. The van der Waals surface area contributed by atoms with E-state index in [0.29, 0.717) is 0 Å². The Kier molecular flexibility index (Phi) is 1.33. The summed E-state index contributed by atoms with van der Waals surface area (Å²) in [7, 11) is -3.20. The zero-order valence-corrected chi connectivity index (χ0v) is 6.99. The van der Waals surface area contributed by atoms with Crippen LogP contribution in [0.4, 0.5) is 0 Å². The number of aliphatic carboxylic acids is 1. The molecule has 1 aliphatic carbocycles. The average Bonchev–Trinajstić information content (AvgIpc) is 2.52. The minimum absolute atomic E-state index is 0.0495. The molecule has 3 N–H and O–H groups in total. The van der Waals surface area contributed by atoms with E-state index in [0.717, 1.165) is 0 Å². The Morgan fingerprint density at radius 3 is 2.33 bits per heavy atom. The number of carboxylic acids is 1. The number of rotatable bonds is 1. The van der Waals surface area contributed by atoms with E-state index in [1.165, 1.54) is 0 Å². The number of carboxylic acid groups (broad SMARTS) is 1. The molecule has 4 atom stereocenters. The molecule has 1 saturated carbocycles. The minimum Gasteiger partial charge on any atom is -0.481 e. The molecule has 2 rings (SSSR count). The SMILES string of the molecule is NC1CS(=O)(=O)C2C(C(=O)O)C12. The molecular formula is C6H9NO4S. The third-order valence-corrected chi connectivity index (χ3v) is 4.91. The molecule has 0 aromatic carbocycles. The van der Waals surface area contributed by atoms with Gasteiger partial charge in [0.2, 0.25) is 0 Å². The van der Waals surface area contributed by atoms with E-state index in [9.17, 15) is 13.2 Å². The molecule has 1 aliphatic heterocycles. The molecule has 1 heterocycles. The van der Waals surface area contributed by atoms with Crippen LogP contribution in [0.3, 0.4) is 0 Å². The van der Waals surface area contributed by atoms with E-state index in [1.54, 1.807) is 0 Å². The van der Waals surface area contributed by atoms with Crippen LogP contribution in [0, 0.1) is 11.8 Å². The van der Waals surface area contributed by atoms with Crippen LogP contribution in [0.2, 0.25) is 0 Å². The first-order valence-corrected chi connectivity index (χ1v) is 5.36. The topological polar surface area (TPSA) is 97.5 Å². The van der Waals surface area contributed by atoms with Crippen LogP contribution in [-0.4, -0.2) is 36.5 Å². The van der Waals surface area contributed by atoms with Gasteiger partial charge in [-0.2, -0.15) is 0 Å². The highest BCUT2D eigenvalue weighted by Crippen LogP contribution is 2.52. The Bertz CT molecular complexity index is 335. The first-order valence-electron chi connectivity index (χ1n) is 3.65. The van der Waals surface area contributed by atoms with Gasteiger partial charge in [0.25, 0.3) is 0 Å². The number of fused-ring (bicyclic) bond motifs is 1. The van der Waals surface area contributed by atoms with Gasteiger partial charge in [0.15, 0.2) is 9.84 Å². The molecule has 68 valence electrons. The Labute approximate surface area is 69.5 Å². The van der Waals surface area contributed by atoms with Crippen LogP contribution >= 0.6 is 0 Å². The second-order valence-electron chi connectivity index (χ2n) is 3.40. The normalized spacial score (nSPS) is 48.4. The molecule has 5 nitrogen and oxygen atoms in total. The van der Waals surface area contributed by atoms with Crippen LogP contribution in [0.15, 0.2) is 0 Å². The number of nitrogens with two attached hydrogens (primary N) is 1. The summed E-state index contributed by atoms with van der Waals surface area (Å²) in [6.07, 6.45) is 0. The van der Waals surface area contributed by atoms with E-state index in [-0.39, 0.29) is 11.7 Å². The number of hydrogen-bond donors (Lipinski definition) is 2. The van der Waals surface area contributed by atoms with Crippen LogP contribution in [0.25, 0.3) is 0 Å². The van der Waals surface area contributed by atoms with Crippen LogP contribution in [0.5, 0.6) is 0 Å². The van der Waals surface area contributed by atoms with Gasteiger partial charge in [0.05, 0.1) is 16.9 Å². The smallest absolute Gasteiger partial charge is 0.308 e. The maximum absolute atomic E-state index is 11.2. The molecule has 2 fully saturated rings. The average molecular weight is 191 g/mol. The Hall–Kier alpha value is -0.620. The standard InChI is InChI=1S/C6H9NO4S/c7-2-1-12(10,11)5-3(2)4(5)6(8)9/h2-5H,1,7H2,(H,8,9). The van der Waals surface area contributed by atoms with Crippen molar-refractivity contribution in [2.45, 2.75) is 11.3 Å². The summed E-state index contributed by atoms with van der Waals surface area (Å²) in [6, 6.07) is -0.471. The van der Waals surface area contributed by atoms with Gasteiger partial charge in [-0.15, -0.1) is 0 Å². The first kappa shape index (κ1) is 8.00. The van der Waals surface area contributed by atoms with E-state index in [4.69, 9.17) is 10.8 Å². The Morgan fingerprint density at radius 2 is 2.08 bits per heavy atom. The lowest BCUT2D eigenvalue weighted by Crippen LogP contribution is -2.29. The van der Waals surface area contributed by atoms with Crippen LogP contribution in [0.1, 0.15) is 0 Å². The second kappa shape index (κ2) is 2.00. The summed E-state index contributed by atoms with van der Waals surface area (Å²) < 4.78 is 22.4. The second-order valence-corrected chi connectivity index (χ2v) is 5.60. The molecule has 4 unspecified atom stereocenters. The molecular weight excluding hydrogens is 182 g/mol. The molecule has 0 aromatic heterocycles. The van der Waals surface area contributed by atoms with Crippen molar-refractivity contribution >= 4 is 15.8 Å². The lowest BCUT2D eigenvalue weighted by atomic mass is 10.2. The van der Waals surface area contributed by atoms with Gasteiger partial charge in [0.1, 0.15) is 0 Å². The molecule has 0 radical (unpaired) electrons. The van der Waals surface area contributed by atoms with E-state index in [2.05, 4.69) is 0 Å². The minimum atomic E-state index is -3.20. The summed E-state index contributed by atoms with van der Waals surface area (Å²) in [5.74, 6) is -2.15. The summed E-state index contributed by atoms with van der Waals surface area (Å²) in [4.78, 5) is 10.5. The highest BCUT2D eigenvalue weighted by atomic mass is 32.2. The largest absolute Gasteiger partial charge is 0.481 e. The molecule has 12 heavy (non-hydrogen) atoms. The lowest BCUT2D eigenvalue weighted by molar-refractivity contribution is -0.138. The molecule has 2 aliphatic rings. The van der Waals surface area contributed by atoms with Crippen molar-refractivity contribution < 1.29 is 18.3 Å². The predicted octanol–water partition coefficient (Wildman–Crippen LogP) is -1.56. The van der Waals surface area contributed by atoms with Crippen LogP contribution < -0.4 is 5.73 Å². The van der Waals surface area contributed by atoms with Crippen molar-refractivity contribution in [1.82, 2.24) is 0 Å². The fourth-order valence-corrected chi connectivity index (χ4v) is 4.56. The summed E-state index contributed by atoms with van der Waals surface area (Å²) in [5.41, 5.74) is 5.48. The monoisotopic (exact) mass is 191 g/mol. The van der Waals surface area contributed by atoms with Crippen molar-refractivity contribution in [3.8, 4) is 0 Å². The molecule has 0 amide bonds. The molecule has 0 spiro atoms. The molecule has 1 saturated heterocycles. The first-order chi connectivity index (χ1) is 5.45. The van der Waals surface area contributed by atoms with Gasteiger partial charge < -0.3 is 10.8 Å². The highest BCUT2D eigenvalue weighted by molar-refractivity contribution is 7.92. The Balaban J connectivity index is 2.30. The predicted molar refractivity (Wildman–Crippen MR) is 40.2 cm³/mol. The molecule has 0 aromatic rings. The number of hydrogen-bond acceptors (Lipinski definition) is 4. The van der Waals surface area contributed by atoms with Gasteiger partial charge in [0, 0.05) is 12.0 Å². The van der Waals surface area contributed by atoms with Gasteiger partial charge in [-0.05, 0) is 0 Å². The quantitative estimate of drug-likeness (QED) is 0.522. The zero-order valence-electron chi connectivity index (χ0n) is 6.17. The van der Waals surface area contributed by atoms with Crippen molar-refractivity contribution in [3.63, 3.8) is 0 Å². The number of sulfone groups is 1. The maximum Gasteiger partial charge on any atom is 0.308 e. The van der Waals surface area contributed by atoms with Crippen molar-refractivity contribution in [3.05, 3.63) is 0 Å². The third kappa shape index (κ3) is 0.818. The van der Waals surface area contributed by atoms with Gasteiger partial charge >= 0.3 is 5.97 Å². The molecule has 0 bridgehead atoms. The fourth-order valence-electron chi connectivity index (χ4n) is 2.07. The van der Waals surface area contributed by atoms with Crippen molar-refractivity contribution in [1.29, 1.82) is 0 Å². The van der Waals surface area contributed by atoms with Crippen molar-refractivity contribution in [2.24, 2.45) is 17.6 Å². The van der Waals surface area contributed by atoms with Gasteiger partial charge in [-0.3, -0.25) is 4.79 Å². The third-order valence-electron chi connectivity index (χ3n) is 2.63. The zero-order chi connectivity index (χ0) is 9.09. The van der Waals surface area contributed by atoms with Crippen molar-refractivity contribution in [2.75, 3.05) is 5.75 Å². The maximum atomic E-state index is 11.2. The lowest BCUT2D eigenvalue weighted by Gasteiger charge is -2.04. The van der Waals surface area contributed by atoms with Gasteiger partial charge in [-0.1, -0.05) is 0 Å². The van der Waals surface area contributed by atoms with Crippen LogP contribution in [-0.2, 0) is 14.6 Å². The van der Waals surface area contributed by atoms with E-state index in [1.807, 2.05) is 0 Å². The van der Waals surface area contributed by atoms with E-state index < -0.39 is 33.0 Å².